The van der Waals surface area contributed by atoms with Gasteiger partial charge in [0.2, 0.25) is 0 Å². The predicted molar refractivity (Wildman–Crippen MR) is 48.4 cm³/mol. The fraction of sp³-hybridized carbons (Fsp3) is 0.571. The molecule has 0 saturated carbocycles. The van der Waals surface area contributed by atoms with Crippen molar-refractivity contribution in [3.05, 3.63) is 16.4 Å². The van der Waals surface area contributed by atoms with Crippen LogP contribution in [0.1, 0.15) is 19.5 Å². The molecule has 1 aromatic rings. The SMILES string of the molecule is CC(C)(CN)c1[nH]ncc1Br. The summed E-state index contributed by atoms with van der Waals surface area (Å²) in [5.74, 6) is 0. The maximum absolute atomic E-state index is 5.60. The van der Waals surface area contributed by atoms with Crippen molar-refractivity contribution in [2.75, 3.05) is 6.54 Å². The molecule has 0 bridgehead atoms. The van der Waals surface area contributed by atoms with Gasteiger partial charge in [0, 0.05) is 12.0 Å². The molecular weight excluding hydrogens is 206 g/mol. The molecule has 0 amide bonds. The first-order valence-corrected chi connectivity index (χ1v) is 4.26. The van der Waals surface area contributed by atoms with Crippen molar-refractivity contribution in [1.29, 1.82) is 0 Å². The number of halogens is 1. The first kappa shape index (κ1) is 8.74. The van der Waals surface area contributed by atoms with Crippen LogP contribution in [0.4, 0.5) is 0 Å². The normalized spacial score (nSPS) is 12.0. The number of rotatable bonds is 2. The Balaban J connectivity index is 3.00. The number of aromatic nitrogens is 2. The van der Waals surface area contributed by atoms with Gasteiger partial charge in [-0.1, -0.05) is 13.8 Å². The molecule has 0 aliphatic carbocycles. The van der Waals surface area contributed by atoms with Crippen LogP contribution in [0.25, 0.3) is 0 Å². The lowest BCUT2D eigenvalue weighted by atomic mass is 9.90. The highest BCUT2D eigenvalue weighted by atomic mass is 79.9. The van der Waals surface area contributed by atoms with Crippen LogP contribution in [0.15, 0.2) is 10.7 Å². The number of nitrogens with zero attached hydrogens (tertiary/aromatic N) is 1. The van der Waals surface area contributed by atoms with Crippen LogP contribution in [-0.2, 0) is 5.41 Å². The molecule has 3 nitrogen and oxygen atoms in total. The average Bonchev–Trinajstić information content (AvgIpc) is 2.36. The molecule has 1 heterocycles. The summed E-state index contributed by atoms with van der Waals surface area (Å²) in [5.41, 5.74) is 6.62. The topological polar surface area (TPSA) is 54.7 Å². The molecule has 3 N–H and O–H groups in total. The van der Waals surface area contributed by atoms with Crippen LogP contribution in [0.3, 0.4) is 0 Å². The number of hydrogen-bond acceptors (Lipinski definition) is 2. The molecule has 1 aromatic heterocycles. The van der Waals surface area contributed by atoms with Crippen molar-refractivity contribution in [3.8, 4) is 0 Å². The van der Waals surface area contributed by atoms with E-state index in [4.69, 9.17) is 5.73 Å². The van der Waals surface area contributed by atoms with Gasteiger partial charge in [0.15, 0.2) is 0 Å². The van der Waals surface area contributed by atoms with E-state index in [9.17, 15) is 0 Å². The summed E-state index contributed by atoms with van der Waals surface area (Å²) in [4.78, 5) is 0. The molecule has 62 valence electrons. The average molecular weight is 218 g/mol. The molecule has 0 aliphatic heterocycles. The zero-order valence-corrected chi connectivity index (χ0v) is 8.27. The monoisotopic (exact) mass is 217 g/mol. The van der Waals surface area contributed by atoms with Crippen LogP contribution < -0.4 is 5.73 Å². The fourth-order valence-electron chi connectivity index (χ4n) is 0.848. The van der Waals surface area contributed by atoms with Gasteiger partial charge < -0.3 is 5.73 Å². The highest BCUT2D eigenvalue weighted by Gasteiger charge is 2.22. The van der Waals surface area contributed by atoms with Gasteiger partial charge in [-0.05, 0) is 15.9 Å². The Bertz CT molecular complexity index is 242. The molecule has 0 unspecified atom stereocenters. The molecule has 0 saturated heterocycles. The van der Waals surface area contributed by atoms with Gasteiger partial charge >= 0.3 is 0 Å². The van der Waals surface area contributed by atoms with E-state index in [2.05, 4.69) is 40.0 Å². The Morgan fingerprint density at radius 3 is 2.73 bits per heavy atom. The largest absolute Gasteiger partial charge is 0.330 e. The van der Waals surface area contributed by atoms with E-state index in [1.165, 1.54) is 0 Å². The van der Waals surface area contributed by atoms with Gasteiger partial charge in [-0.25, -0.2) is 0 Å². The summed E-state index contributed by atoms with van der Waals surface area (Å²) in [5, 5.41) is 6.83. The van der Waals surface area contributed by atoms with Gasteiger partial charge in [-0.15, -0.1) is 0 Å². The van der Waals surface area contributed by atoms with Gasteiger partial charge in [0.1, 0.15) is 0 Å². The number of aromatic amines is 1. The second-order valence-corrected chi connectivity index (χ2v) is 4.04. The van der Waals surface area contributed by atoms with Crippen molar-refractivity contribution in [2.24, 2.45) is 5.73 Å². The summed E-state index contributed by atoms with van der Waals surface area (Å²) < 4.78 is 0.993. The molecule has 11 heavy (non-hydrogen) atoms. The highest BCUT2D eigenvalue weighted by Crippen LogP contribution is 2.26. The molecule has 0 spiro atoms. The lowest BCUT2D eigenvalue weighted by Crippen LogP contribution is -2.28. The van der Waals surface area contributed by atoms with Gasteiger partial charge in [0.25, 0.3) is 0 Å². The highest BCUT2D eigenvalue weighted by molar-refractivity contribution is 9.10. The first-order valence-electron chi connectivity index (χ1n) is 3.47. The Hall–Kier alpha value is -0.350. The third-order valence-corrected chi connectivity index (χ3v) is 2.38. The van der Waals surface area contributed by atoms with Crippen LogP contribution in [0.2, 0.25) is 0 Å². The molecule has 4 heteroatoms. The van der Waals surface area contributed by atoms with Crippen LogP contribution in [0, 0.1) is 0 Å². The van der Waals surface area contributed by atoms with Gasteiger partial charge in [-0.2, -0.15) is 5.10 Å². The minimum absolute atomic E-state index is 0.0324. The quantitative estimate of drug-likeness (QED) is 0.788. The fourth-order valence-corrected chi connectivity index (χ4v) is 1.58. The lowest BCUT2D eigenvalue weighted by molar-refractivity contribution is 0.518. The van der Waals surface area contributed by atoms with E-state index in [-0.39, 0.29) is 5.41 Å². The Morgan fingerprint density at radius 1 is 1.73 bits per heavy atom. The van der Waals surface area contributed by atoms with Crippen molar-refractivity contribution >= 4 is 15.9 Å². The minimum atomic E-state index is -0.0324. The summed E-state index contributed by atoms with van der Waals surface area (Å²) in [6, 6.07) is 0. The molecule has 0 atom stereocenters. The third kappa shape index (κ3) is 1.62. The van der Waals surface area contributed by atoms with Gasteiger partial charge in [-0.3, -0.25) is 5.10 Å². The molecule has 1 rings (SSSR count). The van der Waals surface area contributed by atoms with Gasteiger partial charge in [0.05, 0.1) is 16.4 Å². The standard InChI is InChI=1S/C7H12BrN3/c1-7(2,4-9)6-5(8)3-10-11-6/h3H,4,9H2,1-2H3,(H,10,11). The predicted octanol–water partition coefficient (Wildman–Crippen LogP) is 1.41. The Labute approximate surface area is 74.5 Å². The zero-order chi connectivity index (χ0) is 8.48. The van der Waals surface area contributed by atoms with Crippen LogP contribution in [0.5, 0.6) is 0 Å². The minimum Gasteiger partial charge on any atom is -0.330 e. The van der Waals surface area contributed by atoms with E-state index in [1.54, 1.807) is 6.20 Å². The van der Waals surface area contributed by atoms with Crippen molar-refractivity contribution in [2.45, 2.75) is 19.3 Å². The molecule has 0 aromatic carbocycles. The molecule has 0 radical (unpaired) electrons. The smallest absolute Gasteiger partial charge is 0.0632 e. The van der Waals surface area contributed by atoms with Crippen LogP contribution in [-0.4, -0.2) is 16.7 Å². The van der Waals surface area contributed by atoms with E-state index in [0.717, 1.165) is 10.2 Å². The number of hydrogen-bond donors (Lipinski definition) is 2. The van der Waals surface area contributed by atoms with E-state index >= 15 is 0 Å². The number of nitrogens with two attached hydrogens (primary N) is 1. The molecule has 0 fully saturated rings. The van der Waals surface area contributed by atoms with E-state index in [1.807, 2.05) is 0 Å². The summed E-state index contributed by atoms with van der Waals surface area (Å²) in [6.45, 7) is 4.75. The number of nitrogens with one attached hydrogen (secondary N) is 1. The number of H-pyrrole nitrogens is 1. The summed E-state index contributed by atoms with van der Waals surface area (Å²) in [7, 11) is 0. The molecular formula is C7H12BrN3. The molecule has 0 aliphatic rings. The Morgan fingerprint density at radius 2 is 2.36 bits per heavy atom. The Kier molecular flexibility index (Phi) is 2.34. The maximum Gasteiger partial charge on any atom is 0.0632 e. The summed E-state index contributed by atoms with van der Waals surface area (Å²) in [6.07, 6.45) is 1.74. The third-order valence-electron chi connectivity index (χ3n) is 1.78. The second kappa shape index (κ2) is 2.95. The zero-order valence-electron chi connectivity index (χ0n) is 6.69. The van der Waals surface area contributed by atoms with Crippen molar-refractivity contribution in [1.82, 2.24) is 10.2 Å². The second-order valence-electron chi connectivity index (χ2n) is 3.18. The van der Waals surface area contributed by atoms with Crippen molar-refractivity contribution in [3.63, 3.8) is 0 Å². The van der Waals surface area contributed by atoms with E-state index < -0.39 is 0 Å². The first-order chi connectivity index (χ1) is 5.08. The maximum atomic E-state index is 5.60. The van der Waals surface area contributed by atoms with Crippen LogP contribution >= 0.6 is 15.9 Å². The van der Waals surface area contributed by atoms with E-state index in [0.29, 0.717) is 6.54 Å². The van der Waals surface area contributed by atoms with Crippen molar-refractivity contribution < 1.29 is 0 Å². The lowest BCUT2D eigenvalue weighted by Gasteiger charge is -2.20. The summed E-state index contributed by atoms with van der Waals surface area (Å²) >= 11 is 3.39.